The Kier molecular flexibility index (Phi) is 6.24. The molecule has 2 amide bonds. The predicted octanol–water partition coefficient (Wildman–Crippen LogP) is 2.30. The van der Waals surface area contributed by atoms with Crippen LogP contribution in [0.1, 0.15) is 38.2 Å². The molecule has 148 valence electrons. The lowest BCUT2D eigenvalue weighted by molar-refractivity contribution is -0.139. The number of hydrogen-bond donors (Lipinski definition) is 2. The largest absolute Gasteiger partial charge is 0.493 e. The van der Waals surface area contributed by atoms with Crippen molar-refractivity contribution in [1.82, 2.24) is 10.6 Å². The van der Waals surface area contributed by atoms with Crippen molar-refractivity contribution in [2.75, 3.05) is 20.8 Å². The molecule has 0 aliphatic heterocycles. The third-order valence-electron chi connectivity index (χ3n) is 6.15. The summed E-state index contributed by atoms with van der Waals surface area (Å²) in [5, 5.41) is 5.60. The summed E-state index contributed by atoms with van der Waals surface area (Å²) in [6.45, 7) is 2.42. The van der Waals surface area contributed by atoms with Gasteiger partial charge in [-0.1, -0.05) is 12.5 Å². The Morgan fingerprint density at radius 1 is 1.11 bits per heavy atom. The molecule has 0 heterocycles. The molecule has 0 spiro atoms. The fourth-order valence-electron chi connectivity index (χ4n) is 4.72. The predicted molar refractivity (Wildman–Crippen MR) is 103 cm³/mol. The maximum Gasteiger partial charge on any atom is 0.309 e. The Labute approximate surface area is 161 Å². The van der Waals surface area contributed by atoms with Crippen LogP contribution in [0.15, 0.2) is 18.2 Å². The smallest absolute Gasteiger partial charge is 0.309 e. The lowest BCUT2D eigenvalue weighted by Crippen LogP contribution is -2.47. The molecule has 6 heteroatoms. The van der Waals surface area contributed by atoms with Crippen molar-refractivity contribution in [2.24, 2.45) is 17.8 Å². The summed E-state index contributed by atoms with van der Waals surface area (Å²) in [6, 6.07) is 5.69. The summed E-state index contributed by atoms with van der Waals surface area (Å²) < 4.78 is 10.5. The summed E-state index contributed by atoms with van der Waals surface area (Å²) in [4.78, 5) is 24.3. The molecule has 2 aliphatic rings. The molecule has 1 aromatic rings. The van der Waals surface area contributed by atoms with Gasteiger partial charge in [0.1, 0.15) is 0 Å². The first kappa shape index (κ1) is 19.5. The fourth-order valence-corrected chi connectivity index (χ4v) is 4.72. The lowest BCUT2D eigenvalue weighted by atomic mass is 9.84. The second kappa shape index (κ2) is 8.63. The van der Waals surface area contributed by atoms with Crippen molar-refractivity contribution in [1.29, 1.82) is 0 Å². The zero-order valence-electron chi connectivity index (χ0n) is 16.4. The maximum absolute atomic E-state index is 12.2. The van der Waals surface area contributed by atoms with Crippen LogP contribution in [0.3, 0.4) is 0 Å². The number of amides is 2. The van der Waals surface area contributed by atoms with Crippen molar-refractivity contribution < 1.29 is 19.1 Å². The molecule has 2 bridgehead atoms. The van der Waals surface area contributed by atoms with Gasteiger partial charge in [0.15, 0.2) is 11.5 Å². The highest BCUT2D eigenvalue weighted by molar-refractivity contribution is 6.35. The van der Waals surface area contributed by atoms with Gasteiger partial charge in [0.25, 0.3) is 0 Å². The van der Waals surface area contributed by atoms with E-state index in [-0.39, 0.29) is 6.04 Å². The molecule has 0 aromatic heterocycles. The molecule has 2 aliphatic carbocycles. The van der Waals surface area contributed by atoms with E-state index in [0.29, 0.717) is 30.4 Å². The van der Waals surface area contributed by atoms with Crippen LogP contribution in [-0.4, -0.2) is 38.6 Å². The molecule has 2 N–H and O–H groups in total. The molecule has 6 nitrogen and oxygen atoms in total. The average Bonchev–Trinajstić information content (AvgIpc) is 3.31. The number of fused-ring (bicyclic) bond motifs is 2. The van der Waals surface area contributed by atoms with Gasteiger partial charge in [0.2, 0.25) is 0 Å². The number of carbonyl (C=O) groups is 2. The number of carbonyl (C=O) groups excluding carboxylic acids is 2. The minimum absolute atomic E-state index is 0.0596. The Balaban J connectivity index is 1.43. The van der Waals surface area contributed by atoms with Crippen LogP contribution in [0.5, 0.6) is 11.5 Å². The Morgan fingerprint density at radius 2 is 1.89 bits per heavy atom. The minimum atomic E-state index is -0.564. The van der Waals surface area contributed by atoms with Crippen LogP contribution < -0.4 is 20.1 Å². The highest BCUT2D eigenvalue weighted by Gasteiger charge is 2.42. The van der Waals surface area contributed by atoms with Gasteiger partial charge in [-0.3, -0.25) is 9.59 Å². The van der Waals surface area contributed by atoms with Crippen molar-refractivity contribution in [3.05, 3.63) is 23.8 Å². The van der Waals surface area contributed by atoms with E-state index in [0.717, 1.165) is 17.4 Å². The summed E-state index contributed by atoms with van der Waals surface area (Å²) in [7, 11) is 3.18. The molecular weight excluding hydrogens is 344 g/mol. The highest BCUT2D eigenvalue weighted by atomic mass is 16.5. The fraction of sp³-hybridized carbons (Fsp3) is 0.619. The van der Waals surface area contributed by atoms with Crippen molar-refractivity contribution in [3.63, 3.8) is 0 Å². The second-order valence-electron chi connectivity index (χ2n) is 7.80. The third kappa shape index (κ3) is 4.54. The van der Waals surface area contributed by atoms with Crippen LogP contribution in [0.2, 0.25) is 0 Å². The third-order valence-corrected chi connectivity index (χ3v) is 6.15. The van der Waals surface area contributed by atoms with Crippen LogP contribution >= 0.6 is 0 Å². The first-order chi connectivity index (χ1) is 13.0. The molecule has 3 rings (SSSR count). The van der Waals surface area contributed by atoms with E-state index < -0.39 is 11.8 Å². The number of ether oxygens (including phenoxy) is 2. The SMILES string of the molecule is COc1ccc(CCNC(=O)C(=O)NC(C)C2CC3CCC2C3)cc1OC. The summed E-state index contributed by atoms with van der Waals surface area (Å²) in [6.07, 6.45) is 5.70. The van der Waals surface area contributed by atoms with Gasteiger partial charge >= 0.3 is 11.8 Å². The topological polar surface area (TPSA) is 76.7 Å². The minimum Gasteiger partial charge on any atom is -0.493 e. The molecular formula is C21H30N2O4. The van der Waals surface area contributed by atoms with Gasteiger partial charge in [0.05, 0.1) is 14.2 Å². The number of nitrogens with one attached hydrogen (secondary N) is 2. The van der Waals surface area contributed by atoms with E-state index in [4.69, 9.17) is 9.47 Å². The van der Waals surface area contributed by atoms with Crippen molar-refractivity contribution in [2.45, 2.75) is 45.1 Å². The molecule has 0 radical (unpaired) electrons. The van der Waals surface area contributed by atoms with Gasteiger partial charge in [-0.2, -0.15) is 0 Å². The maximum atomic E-state index is 12.2. The zero-order chi connectivity index (χ0) is 19.4. The molecule has 1 aromatic carbocycles. The Bertz CT molecular complexity index is 691. The van der Waals surface area contributed by atoms with Gasteiger partial charge in [-0.15, -0.1) is 0 Å². The van der Waals surface area contributed by atoms with Crippen LogP contribution in [0.4, 0.5) is 0 Å². The van der Waals surface area contributed by atoms with Gasteiger partial charge in [0, 0.05) is 12.6 Å². The lowest BCUT2D eigenvalue weighted by Gasteiger charge is -2.28. The van der Waals surface area contributed by atoms with E-state index in [1.54, 1.807) is 14.2 Å². The first-order valence-electron chi connectivity index (χ1n) is 9.81. The monoisotopic (exact) mass is 374 g/mol. The summed E-state index contributed by atoms with van der Waals surface area (Å²) >= 11 is 0. The van der Waals surface area contributed by atoms with Gasteiger partial charge in [-0.05, 0) is 68.1 Å². The molecule has 2 saturated carbocycles. The normalized spacial score (nSPS) is 24.3. The number of methoxy groups -OCH3 is 2. The molecule has 0 saturated heterocycles. The van der Waals surface area contributed by atoms with Crippen molar-refractivity contribution in [3.8, 4) is 11.5 Å². The molecule has 2 fully saturated rings. The number of rotatable bonds is 7. The Hall–Kier alpha value is -2.24. The van der Waals surface area contributed by atoms with E-state index in [9.17, 15) is 9.59 Å². The zero-order valence-corrected chi connectivity index (χ0v) is 16.4. The standard InChI is InChI=1S/C21H30N2O4/c1-13(17-11-15-4-6-16(17)10-15)23-21(25)20(24)22-9-8-14-5-7-18(26-2)19(12-14)27-3/h5,7,12-13,15-17H,4,6,8-11H2,1-3H3,(H,22,24)(H,23,25). The average molecular weight is 374 g/mol. The van der Waals surface area contributed by atoms with Crippen LogP contribution in [0.25, 0.3) is 0 Å². The first-order valence-corrected chi connectivity index (χ1v) is 9.81. The van der Waals surface area contributed by atoms with E-state index in [1.807, 2.05) is 25.1 Å². The van der Waals surface area contributed by atoms with E-state index in [2.05, 4.69) is 10.6 Å². The van der Waals surface area contributed by atoms with Crippen LogP contribution in [-0.2, 0) is 16.0 Å². The molecule has 27 heavy (non-hydrogen) atoms. The summed E-state index contributed by atoms with van der Waals surface area (Å²) in [5.74, 6) is 2.29. The second-order valence-corrected chi connectivity index (χ2v) is 7.80. The summed E-state index contributed by atoms with van der Waals surface area (Å²) in [5.41, 5.74) is 1.00. The quantitative estimate of drug-likeness (QED) is 0.718. The van der Waals surface area contributed by atoms with E-state index in [1.165, 1.54) is 25.7 Å². The molecule has 4 unspecified atom stereocenters. The Morgan fingerprint density at radius 3 is 2.52 bits per heavy atom. The number of benzene rings is 1. The van der Waals surface area contributed by atoms with Gasteiger partial charge < -0.3 is 20.1 Å². The van der Waals surface area contributed by atoms with Gasteiger partial charge in [-0.25, -0.2) is 0 Å². The molecule has 4 atom stereocenters. The van der Waals surface area contributed by atoms with Crippen LogP contribution in [0, 0.1) is 17.8 Å². The number of hydrogen-bond acceptors (Lipinski definition) is 4. The highest BCUT2D eigenvalue weighted by Crippen LogP contribution is 2.49. The van der Waals surface area contributed by atoms with Crippen molar-refractivity contribution >= 4 is 11.8 Å². The van der Waals surface area contributed by atoms with E-state index >= 15 is 0 Å².